The van der Waals surface area contributed by atoms with Gasteiger partial charge in [-0.25, -0.2) is 13.2 Å². The fraction of sp³-hybridized carbons (Fsp3) is 0.250. The Morgan fingerprint density at radius 2 is 1.61 bits per heavy atom. The number of carbonyl (C=O) groups is 1. The lowest BCUT2D eigenvalue weighted by atomic mass is 9.95. The monoisotopic (exact) mass is 462 g/mol. The zero-order chi connectivity index (χ0) is 23.5. The molecule has 1 atom stereocenters. The van der Waals surface area contributed by atoms with Crippen LogP contribution in [-0.4, -0.2) is 22.3 Å². The van der Waals surface area contributed by atoms with E-state index in [1.807, 2.05) is 17.0 Å². The Balaban J connectivity index is 1.47. The number of hydrogen-bond acceptors (Lipinski definition) is 3. The van der Waals surface area contributed by atoms with Crippen molar-refractivity contribution in [3.05, 3.63) is 89.0 Å². The second-order valence-corrected chi connectivity index (χ2v) is 7.71. The summed E-state index contributed by atoms with van der Waals surface area (Å²) in [7, 11) is 0. The largest absolute Gasteiger partial charge is 0.451 e. The van der Waals surface area contributed by atoms with Crippen LogP contribution in [0.3, 0.4) is 0 Å². The molecule has 1 aliphatic heterocycles. The molecule has 4 rings (SSSR count). The molecule has 0 aliphatic carbocycles. The number of hydrogen-bond donors (Lipinski definition) is 0. The van der Waals surface area contributed by atoms with Crippen molar-refractivity contribution < 1.29 is 31.5 Å². The molecule has 0 spiro atoms. The summed E-state index contributed by atoms with van der Waals surface area (Å²) >= 11 is 0. The zero-order valence-electron chi connectivity index (χ0n) is 17.3. The van der Waals surface area contributed by atoms with E-state index in [0.29, 0.717) is 12.1 Å². The first-order chi connectivity index (χ1) is 15.9. The van der Waals surface area contributed by atoms with Gasteiger partial charge in [0.05, 0.1) is 12.5 Å². The second-order valence-electron chi connectivity index (χ2n) is 7.71. The average molecular weight is 462 g/mol. The van der Waals surface area contributed by atoms with Crippen LogP contribution in [0.5, 0.6) is 11.5 Å². The summed E-state index contributed by atoms with van der Waals surface area (Å²) in [5, 5.41) is 0. The molecule has 0 bridgehead atoms. The number of carbonyl (C=O) groups excluding carboxylic acids is 1. The number of likely N-dealkylation sites (tertiary alicyclic amines) is 1. The number of aromatic nitrogens is 1. The van der Waals surface area contributed by atoms with E-state index in [-0.39, 0.29) is 24.1 Å². The summed E-state index contributed by atoms with van der Waals surface area (Å²) in [4.78, 5) is 18.9. The topological polar surface area (TPSA) is 42.4 Å². The van der Waals surface area contributed by atoms with Crippen molar-refractivity contribution in [2.24, 2.45) is 0 Å². The normalized spacial score (nSPS) is 16.0. The van der Waals surface area contributed by atoms with Crippen LogP contribution in [0, 0.1) is 29.1 Å². The van der Waals surface area contributed by atoms with Crippen LogP contribution < -0.4 is 4.74 Å². The fourth-order valence-corrected chi connectivity index (χ4v) is 3.89. The predicted molar refractivity (Wildman–Crippen MR) is 109 cm³/mol. The minimum Gasteiger partial charge on any atom is -0.451 e. The van der Waals surface area contributed by atoms with E-state index < -0.39 is 34.8 Å². The highest BCUT2D eigenvalue weighted by molar-refractivity contribution is 5.79. The summed E-state index contributed by atoms with van der Waals surface area (Å²) in [5.41, 5.74) is 1.58. The molecule has 3 aromatic rings. The molecule has 1 amide bonds. The lowest BCUT2D eigenvalue weighted by Gasteiger charge is -2.36. The Hall–Kier alpha value is -3.49. The third-order valence-corrected chi connectivity index (χ3v) is 5.56. The van der Waals surface area contributed by atoms with Crippen molar-refractivity contribution in [3.63, 3.8) is 0 Å². The number of amides is 1. The third-order valence-electron chi connectivity index (χ3n) is 5.56. The van der Waals surface area contributed by atoms with Gasteiger partial charge in [0.25, 0.3) is 0 Å². The first-order valence-electron chi connectivity index (χ1n) is 10.3. The second kappa shape index (κ2) is 9.56. The minimum atomic E-state index is -2.26. The van der Waals surface area contributed by atoms with Crippen LogP contribution in [0.1, 0.15) is 36.4 Å². The van der Waals surface area contributed by atoms with Crippen LogP contribution >= 0.6 is 0 Å². The van der Waals surface area contributed by atoms with Gasteiger partial charge >= 0.3 is 0 Å². The number of halogens is 5. The maximum atomic E-state index is 13.8. The number of benzene rings is 2. The van der Waals surface area contributed by atoms with E-state index in [1.54, 1.807) is 12.4 Å². The lowest BCUT2D eigenvalue weighted by molar-refractivity contribution is -0.134. The number of piperidine rings is 1. The van der Waals surface area contributed by atoms with Gasteiger partial charge in [-0.1, -0.05) is 18.2 Å². The van der Waals surface area contributed by atoms with Crippen LogP contribution in [0.15, 0.2) is 48.8 Å². The summed E-state index contributed by atoms with van der Waals surface area (Å²) in [6.45, 7) is 0.625. The Bertz CT molecular complexity index is 1130. The van der Waals surface area contributed by atoms with Gasteiger partial charge in [-0.3, -0.25) is 9.78 Å². The van der Waals surface area contributed by atoms with Crippen LogP contribution in [0.2, 0.25) is 0 Å². The number of pyridine rings is 1. The molecule has 4 nitrogen and oxygen atoms in total. The molecule has 1 unspecified atom stereocenters. The Morgan fingerprint density at radius 1 is 0.939 bits per heavy atom. The number of nitrogens with zero attached hydrogens (tertiary/aromatic N) is 2. The summed E-state index contributed by atoms with van der Waals surface area (Å²) in [6, 6.07) is 9.32. The SMILES string of the molecule is O=C(Cc1ccc(Oc2c(F)c(F)c(F)c(F)c2F)cc1)N1CCCCC1c1cccnc1. The van der Waals surface area contributed by atoms with Gasteiger partial charge in [0.2, 0.25) is 40.7 Å². The Morgan fingerprint density at radius 3 is 2.24 bits per heavy atom. The van der Waals surface area contributed by atoms with Gasteiger partial charge in [0.1, 0.15) is 5.75 Å². The van der Waals surface area contributed by atoms with Crippen molar-refractivity contribution in [2.45, 2.75) is 31.7 Å². The first-order valence-corrected chi connectivity index (χ1v) is 10.3. The van der Waals surface area contributed by atoms with Gasteiger partial charge in [-0.15, -0.1) is 0 Å². The molecule has 0 radical (unpaired) electrons. The van der Waals surface area contributed by atoms with Crippen LogP contribution in [-0.2, 0) is 11.2 Å². The van der Waals surface area contributed by atoms with Crippen molar-refractivity contribution in [1.82, 2.24) is 9.88 Å². The standard InChI is InChI=1S/C24H19F5N2O2/c25-19-20(26)22(28)24(23(29)21(19)27)33-16-8-6-14(7-9-16)12-18(32)31-11-2-1-5-17(31)15-4-3-10-30-13-15/h3-4,6-10,13,17H,1-2,5,11-12H2. The number of ether oxygens (including phenoxy) is 1. The van der Waals surface area contributed by atoms with Gasteiger partial charge < -0.3 is 9.64 Å². The molecule has 1 fully saturated rings. The van der Waals surface area contributed by atoms with E-state index in [2.05, 4.69) is 4.98 Å². The summed E-state index contributed by atoms with van der Waals surface area (Å²) in [6.07, 6.45) is 6.26. The van der Waals surface area contributed by atoms with Crippen molar-refractivity contribution in [3.8, 4) is 11.5 Å². The van der Waals surface area contributed by atoms with Crippen molar-refractivity contribution in [2.75, 3.05) is 6.54 Å². The molecule has 0 N–H and O–H groups in total. The Labute approximate surface area is 186 Å². The zero-order valence-corrected chi connectivity index (χ0v) is 17.3. The third kappa shape index (κ3) is 4.67. The van der Waals surface area contributed by atoms with E-state index in [4.69, 9.17) is 4.74 Å². The van der Waals surface area contributed by atoms with Gasteiger partial charge in [-0.05, 0) is 48.6 Å². The van der Waals surface area contributed by atoms with E-state index in [9.17, 15) is 26.7 Å². The first kappa shape index (κ1) is 22.7. The highest BCUT2D eigenvalue weighted by Gasteiger charge is 2.29. The predicted octanol–water partition coefficient (Wildman–Crippen LogP) is 5.87. The van der Waals surface area contributed by atoms with Gasteiger partial charge in [-0.2, -0.15) is 8.78 Å². The summed E-state index contributed by atoms with van der Waals surface area (Å²) < 4.78 is 72.4. The number of rotatable bonds is 5. The fourth-order valence-electron chi connectivity index (χ4n) is 3.89. The maximum absolute atomic E-state index is 13.8. The molecule has 1 saturated heterocycles. The van der Waals surface area contributed by atoms with Crippen molar-refractivity contribution in [1.29, 1.82) is 0 Å². The smallest absolute Gasteiger partial charge is 0.227 e. The molecule has 1 aliphatic rings. The summed E-state index contributed by atoms with van der Waals surface area (Å²) in [5.74, 6) is -12.2. The van der Waals surface area contributed by atoms with E-state index in [1.165, 1.54) is 24.3 Å². The maximum Gasteiger partial charge on any atom is 0.227 e. The molecule has 0 saturated carbocycles. The minimum absolute atomic E-state index is 0.0585. The molecule has 1 aromatic heterocycles. The van der Waals surface area contributed by atoms with Gasteiger partial charge in [0.15, 0.2) is 0 Å². The van der Waals surface area contributed by atoms with Crippen LogP contribution in [0.25, 0.3) is 0 Å². The highest BCUT2D eigenvalue weighted by atomic mass is 19.2. The quantitative estimate of drug-likeness (QED) is 0.271. The Kier molecular flexibility index (Phi) is 6.57. The molecule has 172 valence electrons. The highest BCUT2D eigenvalue weighted by Crippen LogP contribution is 2.33. The molecule has 33 heavy (non-hydrogen) atoms. The van der Waals surface area contributed by atoms with E-state index >= 15 is 0 Å². The lowest BCUT2D eigenvalue weighted by Crippen LogP contribution is -2.39. The molecular weight excluding hydrogens is 443 g/mol. The van der Waals surface area contributed by atoms with Crippen molar-refractivity contribution >= 4 is 5.91 Å². The molecule has 2 heterocycles. The average Bonchev–Trinajstić information content (AvgIpc) is 2.85. The molecular formula is C24H19F5N2O2. The van der Waals surface area contributed by atoms with Gasteiger partial charge in [0, 0.05) is 18.9 Å². The van der Waals surface area contributed by atoms with E-state index in [0.717, 1.165) is 24.8 Å². The molecule has 9 heteroatoms. The van der Waals surface area contributed by atoms with Crippen LogP contribution in [0.4, 0.5) is 22.0 Å². The molecule has 2 aromatic carbocycles.